The molecule has 3 heteroatoms. The molecule has 4 unspecified atom stereocenters. The molecule has 1 nitrogen and oxygen atoms in total. The van der Waals surface area contributed by atoms with Gasteiger partial charge in [0.05, 0.1) is 0 Å². The Morgan fingerprint density at radius 2 is 1.00 bits per heavy atom. The van der Waals surface area contributed by atoms with Gasteiger partial charge in [-0.15, -0.1) is 5.54 Å². The summed E-state index contributed by atoms with van der Waals surface area (Å²) >= 11 is 0. The second kappa shape index (κ2) is 10.4. The first-order valence-electron chi connectivity index (χ1n) is 9.54. The summed E-state index contributed by atoms with van der Waals surface area (Å²) in [5.41, 5.74) is 1.15. The van der Waals surface area contributed by atoms with Gasteiger partial charge in [-0.2, -0.15) is 0 Å². The third-order valence-electron chi connectivity index (χ3n) is 6.66. The van der Waals surface area contributed by atoms with E-state index in [4.69, 9.17) is 4.98 Å². The van der Waals surface area contributed by atoms with Crippen molar-refractivity contribution in [2.45, 2.75) is 96.3 Å². The van der Waals surface area contributed by atoms with Crippen LogP contribution in [0.2, 0.25) is 18.6 Å². The van der Waals surface area contributed by atoms with Gasteiger partial charge in [0, 0.05) is 0 Å². The number of hydrogen-bond acceptors (Lipinski definition) is 0. The predicted octanol–water partition coefficient (Wildman–Crippen LogP) is 7.71. The molecule has 146 valence electrons. The minimum Gasteiger partial charge on any atom is -0.660 e. The first-order chi connectivity index (χ1) is 9.80. The molecule has 0 aromatic heterocycles. The van der Waals surface area contributed by atoms with E-state index >= 15 is 0 Å². The summed E-state index contributed by atoms with van der Waals surface area (Å²) in [5.74, 6) is 4.24. The van der Waals surface area contributed by atoms with Crippen molar-refractivity contribution >= 4 is 8.24 Å². The minimum absolute atomic E-state index is 0. The fourth-order valence-corrected chi connectivity index (χ4v) is 11.4. The number of hydrogen-bond donors (Lipinski definition) is 0. The molecule has 3 aliphatic rings. The van der Waals surface area contributed by atoms with Crippen LogP contribution in [0.4, 0.5) is 0 Å². The maximum absolute atomic E-state index is 5.44. The zero-order valence-corrected chi connectivity index (χ0v) is 21.1. The second-order valence-electron chi connectivity index (χ2n) is 9.69. The number of rotatable bonds is 2. The molecule has 4 atom stereocenters. The topological polar surface area (TPSA) is 14.1 Å². The molecule has 0 spiro atoms. The van der Waals surface area contributed by atoms with Gasteiger partial charge in [0.1, 0.15) is 0 Å². The van der Waals surface area contributed by atoms with Gasteiger partial charge < -0.3 is 27.3 Å². The summed E-state index contributed by atoms with van der Waals surface area (Å²) in [7, 11) is -1.50. The van der Waals surface area contributed by atoms with Crippen molar-refractivity contribution in [1.82, 2.24) is 0 Å². The first-order valence-corrected chi connectivity index (χ1v) is 12.6. The van der Waals surface area contributed by atoms with Crippen LogP contribution in [0.15, 0.2) is 0 Å². The van der Waals surface area contributed by atoms with Gasteiger partial charge in [0.2, 0.25) is 0 Å². The van der Waals surface area contributed by atoms with E-state index in [1.165, 1.54) is 38.5 Å². The van der Waals surface area contributed by atoms with Crippen LogP contribution >= 0.6 is 0 Å². The van der Waals surface area contributed by atoms with E-state index < -0.39 is 8.24 Å². The molecule has 3 aliphatic carbocycles. The maximum Gasteiger partial charge on any atom is 4.00 e. The van der Waals surface area contributed by atoms with E-state index in [0.717, 1.165) is 29.2 Å². The fraction of sp³-hybridized carbons (Fsp3) is 0.864. The molecule has 25 heavy (non-hydrogen) atoms. The Balaban J connectivity index is 0. The third kappa shape index (κ3) is 5.93. The average Bonchev–Trinajstić information content (AvgIpc) is 2.71. The number of nitrogens with zero attached hydrogens (tertiary/aromatic N) is 1. The summed E-state index contributed by atoms with van der Waals surface area (Å²) in [6.45, 7) is 12.1. The Hall–Kier alpha value is 0.891. The van der Waals surface area contributed by atoms with Crippen LogP contribution in [0.1, 0.15) is 72.1 Å². The molecule has 0 saturated heterocycles. The van der Waals surface area contributed by atoms with Crippen LogP contribution in [0, 0.1) is 46.0 Å². The van der Waals surface area contributed by atoms with Gasteiger partial charge in [-0.25, -0.2) is 0 Å². The quantitative estimate of drug-likeness (QED) is 0.333. The van der Waals surface area contributed by atoms with E-state index in [1.54, 1.807) is 12.8 Å². The second-order valence-corrected chi connectivity index (χ2v) is 13.9. The molecular weight excluding hydrogens is 354 g/mol. The van der Waals surface area contributed by atoms with E-state index in [-0.39, 0.29) is 49.5 Å². The van der Waals surface area contributed by atoms with Crippen LogP contribution in [0.3, 0.4) is 0 Å². The molecule has 3 fully saturated rings. The summed E-state index contributed by atoms with van der Waals surface area (Å²) in [5, 5.41) is 0. The SMILES string of the molecule is CC(C)(C)[N-][Si](C)(C)C1C2CCCCC2C2CCCCC21.[CH3-].[CH3-].[CH3-].[Ti+4]. The first kappa shape index (κ1) is 28.1. The molecular formula is C22H45NSiTi. The maximum atomic E-state index is 5.44. The molecule has 0 radical (unpaired) electrons. The zero-order valence-electron chi connectivity index (χ0n) is 18.5. The largest absolute Gasteiger partial charge is 4.00 e. The van der Waals surface area contributed by atoms with Gasteiger partial charge in [-0.1, -0.05) is 86.2 Å². The van der Waals surface area contributed by atoms with Crippen molar-refractivity contribution in [3.8, 4) is 0 Å². The molecule has 0 aromatic carbocycles. The number of fused-ring (bicyclic) bond motifs is 3. The third-order valence-corrected chi connectivity index (χ3v) is 10.4. The van der Waals surface area contributed by atoms with Crippen molar-refractivity contribution in [2.24, 2.45) is 23.7 Å². The predicted molar refractivity (Wildman–Crippen MR) is 114 cm³/mol. The molecule has 0 aliphatic heterocycles. The smallest absolute Gasteiger partial charge is 0.660 e. The molecule has 3 rings (SSSR count). The summed E-state index contributed by atoms with van der Waals surface area (Å²) in [6, 6.07) is 0. The molecule has 0 amide bonds. The summed E-state index contributed by atoms with van der Waals surface area (Å²) in [4.78, 5) is 5.44. The molecule has 3 saturated carbocycles. The van der Waals surface area contributed by atoms with Crippen molar-refractivity contribution < 1.29 is 21.7 Å². The molecule has 0 N–H and O–H groups in total. The summed E-state index contributed by atoms with van der Waals surface area (Å²) < 4.78 is 0. The van der Waals surface area contributed by atoms with Crippen molar-refractivity contribution in [2.75, 3.05) is 0 Å². The van der Waals surface area contributed by atoms with E-state index in [9.17, 15) is 0 Å². The average molecular weight is 400 g/mol. The Kier molecular flexibility index (Phi) is 11.7. The molecule has 0 bridgehead atoms. The molecule has 0 aromatic rings. The van der Waals surface area contributed by atoms with Gasteiger partial charge in [0.15, 0.2) is 0 Å². The van der Waals surface area contributed by atoms with Crippen LogP contribution in [0.25, 0.3) is 4.98 Å². The Labute approximate surface area is 176 Å². The van der Waals surface area contributed by atoms with Crippen LogP contribution in [0.5, 0.6) is 0 Å². The van der Waals surface area contributed by atoms with Gasteiger partial charge in [-0.05, 0) is 36.5 Å². The van der Waals surface area contributed by atoms with Crippen LogP contribution in [-0.4, -0.2) is 13.8 Å². The van der Waals surface area contributed by atoms with Gasteiger partial charge in [-0.3, -0.25) is 0 Å². The fourth-order valence-electron chi connectivity index (χ4n) is 6.64. The normalized spacial score (nSPS) is 34.2. The van der Waals surface area contributed by atoms with Crippen LogP contribution in [-0.2, 0) is 21.7 Å². The van der Waals surface area contributed by atoms with Crippen molar-refractivity contribution in [3.63, 3.8) is 0 Å². The van der Waals surface area contributed by atoms with Crippen molar-refractivity contribution in [3.05, 3.63) is 27.3 Å². The van der Waals surface area contributed by atoms with Crippen molar-refractivity contribution in [1.29, 1.82) is 0 Å². The summed E-state index contributed by atoms with van der Waals surface area (Å²) in [6.07, 6.45) is 12.2. The Bertz CT molecular complexity index is 355. The van der Waals surface area contributed by atoms with E-state index in [1.807, 2.05) is 0 Å². The monoisotopic (exact) mass is 399 g/mol. The van der Waals surface area contributed by atoms with E-state index in [0.29, 0.717) is 0 Å². The van der Waals surface area contributed by atoms with Crippen LogP contribution < -0.4 is 0 Å². The Morgan fingerprint density at radius 3 is 1.32 bits per heavy atom. The van der Waals surface area contributed by atoms with Gasteiger partial charge in [0.25, 0.3) is 0 Å². The standard InChI is InChI=1S/C19H36NSi.3CH3.Ti/c1-19(2,3)20-21(4,5)18-16-12-8-6-10-14(16)15-11-7-9-13-17(15)18;;;;/h14-18H,6-13H2,1-5H3;3*1H3;/q4*-1;+4. The minimum atomic E-state index is -1.50. The zero-order chi connectivity index (χ0) is 15.3. The van der Waals surface area contributed by atoms with Gasteiger partial charge >= 0.3 is 21.7 Å². The van der Waals surface area contributed by atoms with E-state index in [2.05, 4.69) is 33.9 Å². The molecule has 0 heterocycles. The Morgan fingerprint density at radius 1 is 0.680 bits per heavy atom.